The van der Waals surface area contributed by atoms with Gasteiger partial charge in [-0.3, -0.25) is 4.90 Å². The molecule has 0 spiro atoms. The molecule has 0 bridgehead atoms. The molecule has 0 aliphatic rings. The number of rotatable bonds is 7. The van der Waals surface area contributed by atoms with Crippen LogP contribution in [0.25, 0.3) is 0 Å². The van der Waals surface area contributed by atoms with Crippen LogP contribution in [-0.4, -0.2) is 48.5 Å². The SMILES string of the molecule is CCN(CC(C)(C)O)C(C)CCOC. The lowest BCUT2D eigenvalue weighted by atomic mass is 10.1. The van der Waals surface area contributed by atoms with Gasteiger partial charge in [-0.2, -0.15) is 0 Å². The fraction of sp³-hybridized carbons (Fsp3) is 1.00. The molecule has 1 N–H and O–H groups in total. The number of likely N-dealkylation sites (N-methyl/N-ethyl adjacent to an activating group) is 1. The van der Waals surface area contributed by atoms with Crippen LogP contribution in [0.3, 0.4) is 0 Å². The summed E-state index contributed by atoms with van der Waals surface area (Å²) >= 11 is 0. The average molecular weight is 203 g/mol. The van der Waals surface area contributed by atoms with E-state index in [0.29, 0.717) is 12.6 Å². The van der Waals surface area contributed by atoms with Gasteiger partial charge in [-0.15, -0.1) is 0 Å². The van der Waals surface area contributed by atoms with Crippen molar-refractivity contribution in [3.63, 3.8) is 0 Å². The molecular weight excluding hydrogens is 178 g/mol. The van der Waals surface area contributed by atoms with Gasteiger partial charge in [0.05, 0.1) is 5.60 Å². The number of methoxy groups -OCH3 is 1. The molecule has 1 unspecified atom stereocenters. The first-order chi connectivity index (χ1) is 6.40. The molecule has 0 saturated heterocycles. The van der Waals surface area contributed by atoms with E-state index < -0.39 is 5.60 Å². The van der Waals surface area contributed by atoms with Crippen LogP contribution in [0, 0.1) is 0 Å². The van der Waals surface area contributed by atoms with Crippen LogP contribution in [-0.2, 0) is 4.74 Å². The second-order valence-corrected chi connectivity index (χ2v) is 4.51. The van der Waals surface area contributed by atoms with E-state index in [9.17, 15) is 5.11 Å². The van der Waals surface area contributed by atoms with Gasteiger partial charge in [0.1, 0.15) is 0 Å². The largest absolute Gasteiger partial charge is 0.389 e. The predicted octanol–water partition coefficient (Wildman–Crippen LogP) is 1.50. The molecule has 0 fully saturated rings. The van der Waals surface area contributed by atoms with E-state index in [2.05, 4.69) is 18.7 Å². The third-order valence-corrected chi connectivity index (χ3v) is 2.36. The normalized spacial score (nSPS) is 14.8. The lowest BCUT2D eigenvalue weighted by molar-refractivity contribution is 0.0199. The molecule has 86 valence electrons. The first-order valence-corrected chi connectivity index (χ1v) is 5.36. The molecule has 0 rings (SSSR count). The van der Waals surface area contributed by atoms with Crippen LogP contribution < -0.4 is 0 Å². The molecule has 0 aromatic heterocycles. The third kappa shape index (κ3) is 6.35. The van der Waals surface area contributed by atoms with Crippen molar-refractivity contribution in [2.75, 3.05) is 26.8 Å². The first-order valence-electron chi connectivity index (χ1n) is 5.36. The quantitative estimate of drug-likeness (QED) is 0.680. The second-order valence-electron chi connectivity index (χ2n) is 4.51. The van der Waals surface area contributed by atoms with Crippen molar-refractivity contribution in [2.24, 2.45) is 0 Å². The fourth-order valence-electron chi connectivity index (χ4n) is 1.55. The number of hydrogen-bond donors (Lipinski definition) is 1. The second kappa shape index (κ2) is 6.38. The number of nitrogens with zero attached hydrogens (tertiary/aromatic N) is 1. The zero-order chi connectivity index (χ0) is 11.2. The van der Waals surface area contributed by atoms with Gasteiger partial charge < -0.3 is 9.84 Å². The molecule has 0 aliphatic heterocycles. The summed E-state index contributed by atoms with van der Waals surface area (Å²) in [5.74, 6) is 0. The van der Waals surface area contributed by atoms with Crippen molar-refractivity contribution < 1.29 is 9.84 Å². The van der Waals surface area contributed by atoms with Crippen LogP contribution >= 0.6 is 0 Å². The molecule has 1 atom stereocenters. The van der Waals surface area contributed by atoms with Gasteiger partial charge in [-0.1, -0.05) is 6.92 Å². The third-order valence-electron chi connectivity index (χ3n) is 2.36. The van der Waals surface area contributed by atoms with Crippen molar-refractivity contribution in [3.8, 4) is 0 Å². The molecule has 3 nitrogen and oxygen atoms in total. The molecule has 3 heteroatoms. The van der Waals surface area contributed by atoms with Crippen molar-refractivity contribution in [3.05, 3.63) is 0 Å². The maximum absolute atomic E-state index is 9.72. The molecule has 14 heavy (non-hydrogen) atoms. The Balaban J connectivity index is 3.99. The minimum absolute atomic E-state index is 0.464. The number of ether oxygens (including phenoxy) is 1. The van der Waals surface area contributed by atoms with Crippen LogP contribution in [0.1, 0.15) is 34.1 Å². The van der Waals surface area contributed by atoms with Crippen LogP contribution in [0.5, 0.6) is 0 Å². The minimum atomic E-state index is -0.614. The van der Waals surface area contributed by atoms with Crippen molar-refractivity contribution in [2.45, 2.75) is 45.8 Å². The van der Waals surface area contributed by atoms with Crippen LogP contribution in [0.15, 0.2) is 0 Å². The van der Waals surface area contributed by atoms with Crippen molar-refractivity contribution in [1.82, 2.24) is 4.90 Å². The van der Waals surface area contributed by atoms with Crippen LogP contribution in [0.4, 0.5) is 0 Å². The summed E-state index contributed by atoms with van der Waals surface area (Å²) in [6.45, 7) is 10.5. The highest BCUT2D eigenvalue weighted by Crippen LogP contribution is 2.10. The van der Waals surface area contributed by atoms with E-state index in [4.69, 9.17) is 4.74 Å². The molecule has 0 aromatic rings. The highest BCUT2D eigenvalue weighted by Gasteiger charge is 2.20. The van der Waals surface area contributed by atoms with E-state index in [-0.39, 0.29) is 0 Å². The van der Waals surface area contributed by atoms with E-state index in [1.165, 1.54) is 0 Å². The van der Waals surface area contributed by atoms with E-state index in [1.54, 1.807) is 7.11 Å². The Hall–Kier alpha value is -0.120. The van der Waals surface area contributed by atoms with Crippen molar-refractivity contribution in [1.29, 1.82) is 0 Å². The fourth-order valence-corrected chi connectivity index (χ4v) is 1.55. The molecular formula is C11H25NO2. The highest BCUT2D eigenvalue weighted by molar-refractivity contribution is 4.75. The minimum Gasteiger partial charge on any atom is -0.389 e. The zero-order valence-corrected chi connectivity index (χ0v) is 10.2. The Bertz CT molecular complexity index is 143. The van der Waals surface area contributed by atoms with Gasteiger partial charge in [0.25, 0.3) is 0 Å². The topological polar surface area (TPSA) is 32.7 Å². The zero-order valence-electron chi connectivity index (χ0n) is 10.2. The van der Waals surface area contributed by atoms with Gasteiger partial charge >= 0.3 is 0 Å². The van der Waals surface area contributed by atoms with E-state index in [0.717, 1.165) is 19.6 Å². The molecule has 0 amide bonds. The van der Waals surface area contributed by atoms with Gasteiger partial charge in [-0.25, -0.2) is 0 Å². The van der Waals surface area contributed by atoms with Gasteiger partial charge in [-0.05, 0) is 33.7 Å². The average Bonchev–Trinajstić information content (AvgIpc) is 2.08. The van der Waals surface area contributed by atoms with Crippen molar-refractivity contribution >= 4 is 0 Å². The Morgan fingerprint density at radius 3 is 2.36 bits per heavy atom. The Kier molecular flexibility index (Phi) is 6.33. The summed E-state index contributed by atoms with van der Waals surface area (Å²) in [5.41, 5.74) is -0.614. The maximum Gasteiger partial charge on any atom is 0.0718 e. The lowest BCUT2D eigenvalue weighted by Gasteiger charge is -2.32. The monoisotopic (exact) mass is 203 g/mol. The summed E-state index contributed by atoms with van der Waals surface area (Å²) in [6.07, 6.45) is 1.01. The maximum atomic E-state index is 9.72. The van der Waals surface area contributed by atoms with E-state index in [1.807, 2.05) is 13.8 Å². The summed E-state index contributed by atoms with van der Waals surface area (Å²) in [4.78, 5) is 2.28. The molecule has 0 aromatic carbocycles. The number of aliphatic hydroxyl groups is 1. The predicted molar refractivity (Wildman–Crippen MR) is 59.5 cm³/mol. The smallest absolute Gasteiger partial charge is 0.0718 e. The Morgan fingerprint density at radius 1 is 1.43 bits per heavy atom. The molecule has 0 aliphatic carbocycles. The van der Waals surface area contributed by atoms with Gasteiger partial charge in [0.15, 0.2) is 0 Å². The summed E-state index contributed by atoms with van der Waals surface area (Å²) in [7, 11) is 1.72. The Labute approximate surface area is 88.1 Å². The standard InChI is InChI=1S/C11H25NO2/c1-6-12(9-11(3,4)13)10(2)7-8-14-5/h10,13H,6-9H2,1-5H3. The van der Waals surface area contributed by atoms with E-state index >= 15 is 0 Å². The Morgan fingerprint density at radius 2 is 2.00 bits per heavy atom. The molecule has 0 radical (unpaired) electrons. The van der Waals surface area contributed by atoms with Gasteiger partial charge in [0.2, 0.25) is 0 Å². The molecule has 0 saturated carbocycles. The summed E-state index contributed by atoms with van der Waals surface area (Å²) in [6, 6.07) is 0.464. The molecule has 0 heterocycles. The summed E-state index contributed by atoms with van der Waals surface area (Å²) in [5, 5.41) is 9.72. The number of hydrogen-bond acceptors (Lipinski definition) is 3. The van der Waals surface area contributed by atoms with Crippen LogP contribution in [0.2, 0.25) is 0 Å². The summed E-state index contributed by atoms with van der Waals surface area (Å²) < 4.78 is 5.05. The highest BCUT2D eigenvalue weighted by atomic mass is 16.5. The first kappa shape index (κ1) is 13.9. The van der Waals surface area contributed by atoms with Gasteiger partial charge in [0, 0.05) is 26.3 Å². The lowest BCUT2D eigenvalue weighted by Crippen LogP contribution is -2.43.